The van der Waals surface area contributed by atoms with Gasteiger partial charge in [-0.2, -0.15) is 5.10 Å². The van der Waals surface area contributed by atoms with Crippen LogP contribution in [0, 0.1) is 0 Å². The highest BCUT2D eigenvalue weighted by molar-refractivity contribution is 5.92. The van der Waals surface area contributed by atoms with Crippen LogP contribution in [0.4, 0.5) is 5.82 Å². The molecule has 1 heterocycles. The van der Waals surface area contributed by atoms with E-state index in [1.54, 1.807) is 26.5 Å². The molecule has 0 saturated heterocycles. The summed E-state index contributed by atoms with van der Waals surface area (Å²) in [6.45, 7) is 0. The van der Waals surface area contributed by atoms with E-state index < -0.39 is 0 Å². The summed E-state index contributed by atoms with van der Waals surface area (Å²) in [5.74, 6) is 1.66. The standard InChI is InChI=1S/C10H11N3O2/c1-14-8-3-6-5-12-13-10(11)7(6)4-9(8)15-2/h3-5H,1-2H3,(H2,11,13). The van der Waals surface area contributed by atoms with Crippen LogP contribution >= 0.6 is 0 Å². The van der Waals surface area contributed by atoms with Gasteiger partial charge in [0.25, 0.3) is 0 Å². The van der Waals surface area contributed by atoms with Gasteiger partial charge in [0.05, 0.1) is 20.4 Å². The molecule has 2 aromatic rings. The van der Waals surface area contributed by atoms with E-state index in [0.29, 0.717) is 17.3 Å². The normalized spacial score (nSPS) is 10.3. The Morgan fingerprint density at radius 2 is 1.80 bits per heavy atom. The Morgan fingerprint density at radius 1 is 1.13 bits per heavy atom. The maximum absolute atomic E-state index is 5.70. The molecule has 0 unspecified atom stereocenters. The van der Waals surface area contributed by atoms with E-state index in [2.05, 4.69) is 10.2 Å². The van der Waals surface area contributed by atoms with Crippen molar-refractivity contribution in [3.8, 4) is 11.5 Å². The minimum atomic E-state index is 0.383. The second-order valence-corrected chi connectivity index (χ2v) is 3.02. The summed E-state index contributed by atoms with van der Waals surface area (Å²) in [5.41, 5.74) is 5.70. The molecule has 2 N–H and O–H groups in total. The molecule has 78 valence electrons. The van der Waals surface area contributed by atoms with Gasteiger partial charge in [-0.1, -0.05) is 0 Å². The SMILES string of the molecule is COc1cc2cnnc(N)c2cc1OC. The third-order valence-corrected chi connectivity index (χ3v) is 2.19. The molecular formula is C10H11N3O2. The van der Waals surface area contributed by atoms with Gasteiger partial charge in [0.15, 0.2) is 17.3 Å². The van der Waals surface area contributed by atoms with Crippen molar-refractivity contribution in [3.05, 3.63) is 18.3 Å². The second-order valence-electron chi connectivity index (χ2n) is 3.02. The number of nitrogens with two attached hydrogens (primary N) is 1. The molecule has 0 radical (unpaired) electrons. The Balaban J connectivity index is 2.75. The maximum Gasteiger partial charge on any atom is 0.161 e. The van der Waals surface area contributed by atoms with E-state index in [-0.39, 0.29) is 0 Å². The van der Waals surface area contributed by atoms with Gasteiger partial charge in [-0.25, -0.2) is 0 Å². The Labute approximate surface area is 86.8 Å². The number of benzene rings is 1. The summed E-state index contributed by atoms with van der Waals surface area (Å²) >= 11 is 0. The molecule has 0 amide bonds. The van der Waals surface area contributed by atoms with Gasteiger partial charge >= 0.3 is 0 Å². The van der Waals surface area contributed by atoms with E-state index in [0.717, 1.165) is 10.8 Å². The number of rotatable bonds is 2. The summed E-state index contributed by atoms with van der Waals surface area (Å²) in [5, 5.41) is 9.22. The van der Waals surface area contributed by atoms with Crippen molar-refractivity contribution >= 4 is 16.6 Å². The van der Waals surface area contributed by atoms with Crippen molar-refractivity contribution in [3.63, 3.8) is 0 Å². The van der Waals surface area contributed by atoms with Gasteiger partial charge in [-0.3, -0.25) is 0 Å². The first-order chi connectivity index (χ1) is 7.26. The third kappa shape index (κ3) is 1.52. The molecule has 5 heteroatoms. The molecule has 0 saturated carbocycles. The molecule has 0 aliphatic carbocycles. The van der Waals surface area contributed by atoms with Crippen molar-refractivity contribution in [2.45, 2.75) is 0 Å². The first kappa shape index (κ1) is 9.51. The monoisotopic (exact) mass is 205 g/mol. The van der Waals surface area contributed by atoms with Crippen LogP contribution in [0.2, 0.25) is 0 Å². The zero-order valence-electron chi connectivity index (χ0n) is 8.52. The number of ether oxygens (including phenoxy) is 2. The first-order valence-electron chi connectivity index (χ1n) is 4.39. The average molecular weight is 205 g/mol. The Morgan fingerprint density at radius 3 is 2.47 bits per heavy atom. The number of anilines is 1. The number of aromatic nitrogens is 2. The first-order valence-corrected chi connectivity index (χ1v) is 4.39. The van der Waals surface area contributed by atoms with Crippen molar-refractivity contribution in [1.29, 1.82) is 0 Å². The summed E-state index contributed by atoms with van der Waals surface area (Å²) in [4.78, 5) is 0. The van der Waals surface area contributed by atoms with Gasteiger partial charge in [0.2, 0.25) is 0 Å². The predicted molar refractivity (Wildman–Crippen MR) is 57.1 cm³/mol. The summed E-state index contributed by atoms with van der Waals surface area (Å²) in [6, 6.07) is 3.61. The van der Waals surface area contributed by atoms with Crippen LogP contribution in [-0.4, -0.2) is 24.4 Å². The second kappa shape index (κ2) is 3.61. The van der Waals surface area contributed by atoms with Crippen molar-refractivity contribution in [1.82, 2.24) is 10.2 Å². The maximum atomic E-state index is 5.70. The predicted octanol–water partition coefficient (Wildman–Crippen LogP) is 1.23. The zero-order chi connectivity index (χ0) is 10.8. The molecule has 15 heavy (non-hydrogen) atoms. The van der Waals surface area contributed by atoms with Crippen LogP contribution in [0.3, 0.4) is 0 Å². The molecule has 5 nitrogen and oxygen atoms in total. The average Bonchev–Trinajstić information content (AvgIpc) is 2.28. The van der Waals surface area contributed by atoms with Gasteiger partial charge in [-0.05, 0) is 12.1 Å². The largest absolute Gasteiger partial charge is 0.493 e. The van der Waals surface area contributed by atoms with Gasteiger partial charge in [0, 0.05) is 10.8 Å². The lowest BCUT2D eigenvalue weighted by Gasteiger charge is -2.09. The van der Waals surface area contributed by atoms with Crippen LogP contribution in [0.15, 0.2) is 18.3 Å². The van der Waals surface area contributed by atoms with Crippen LogP contribution < -0.4 is 15.2 Å². The van der Waals surface area contributed by atoms with E-state index >= 15 is 0 Å². The lowest BCUT2D eigenvalue weighted by Crippen LogP contribution is -1.96. The van der Waals surface area contributed by atoms with Crippen LogP contribution in [0.1, 0.15) is 0 Å². The van der Waals surface area contributed by atoms with Gasteiger partial charge in [0.1, 0.15) is 0 Å². The fraction of sp³-hybridized carbons (Fsp3) is 0.200. The van der Waals surface area contributed by atoms with Gasteiger partial charge in [-0.15, -0.1) is 5.10 Å². The topological polar surface area (TPSA) is 70.3 Å². The molecule has 0 aliphatic heterocycles. The molecule has 2 rings (SSSR count). The number of methoxy groups -OCH3 is 2. The minimum Gasteiger partial charge on any atom is -0.493 e. The van der Waals surface area contributed by atoms with Gasteiger partial charge < -0.3 is 15.2 Å². The lowest BCUT2D eigenvalue weighted by atomic mass is 10.1. The molecule has 1 aromatic carbocycles. The van der Waals surface area contributed by atoms with Crippen LogP contribution in [0.5, 0.6) is 11.5 Å². The summed E-state index contributed by atoms with van der Waals surface area (Å²) in [7, 11) is 3.16. The Hall–Kier alpha value is -2.04. The van der Waals surface area contributed by atoms with E-state index in [1.165, 1.54) is 0 Å². The number of fused-ring (bicyclic) bond motifs is 1. The zero-order valence-corrected chi connectivity index (χ0v) is 8.52. The smallest absolute Gasteiger partial charge is 0.161 e. The molecule has 0 spiro atoms. The summed E-state index contributed by atoms with van der Waals surface area (Å²) < 4.78 is 10.3. The number of hydrogen-bond donors (Lipinski definition) is 1. The lowest BCUT2D eigenvalue weighted by molar-refractivity contribution is 0.356. The molecule has 0 atom stereocenters. The fourth-order valence-electron chi connectivity index (χ4n) is 1.43. The molecule has 0 fully saturated rings. The highest BCUT2D eigenvalue weighted by atomic mass is 16.5. The minimum absolute atomic E-state index is 0.383. The van der Waals surface area contributed by atoms with Crippen molar-refractivity contribution < 1.29 is 9.47 Å². The number of hydrogen-bond acceptors (Lipinski definition) is 5. The third-order valence-electron chi connectivity index (χ3n) is 2.19. The van der Waals surface area contributed by atoms with Crippen molar-refractivity contribution in [2.24, 2.45) is 0 Å². The summed E-state index contributed by atoms with van der Waals surface area (Å²) in [6.07, 6.45) is 1.63. The van der Waals surface area contributed by atoms with Crippen molar-refractivity contribution in [2.75, 3.05) is 20.0 Å². The van der Waals surface area contributed by atoms with E-state index in [1.807, 2.05) is 6.07 Å². The molecule has 0 bridgehead atoms. The van der Waals surface area contributed by atoms with Crippen LogP contribution in [-0.2, 0) is 0 Å². The quantitative estimate of drug-likeness (QED) is 0.798. The number of nitrogens with zero attached hydrogens (tertiary/aromatic N) is 2. The molecular weight excluding hydrogens is 194 g/mol. The Kier molecular flexibility index (Phi) is 2.29. The highest BCUT2D eigenvalue weighted by Crippen LogP contribution is 2.33. The van der Waals surface area contributed by atoms with Crippen LogP contribution in [0.25, 0.3) is 10.8 Å². The van der Waals surface area contributed by atoms with E-state index in [4.69, 9.17) is 15.2 Å². The Bertz CT molecular complexity index is 499. The fourth-order valence-corrected chi connectivity index (χ4v) is 1.43. The highest BCUT2D eigenvalue weighted by Gasteiger charge is 2.08. The molecule has 0 aliphatic rings. The van der Waals surface area contributed by atoms with E-state index in [9.17, 15) is 0 Å². The number of nitrogen functional groups attached to an aromatic ring is 1. The molecule has 1 aromatic heterocycles.